The van der Waals surface area contributed by atoms with Crippen molar-refractivity contribution in [3.05, 3.63) is 88.5 Å². The molecule has 4 aromatic rings. The summed E-state index contributed by atoms with van der Waals surface area (Å²) in [7, 11) is 0. The highest BCUT2D eigenvalue weighted by Gasteiger charge is 2.15. The van der Waals surface area contributed by atoms with Crippen LogP contribution in [0.5, 0.6) is 0 Å². The number of nitrogens with one attached hydrogen (secondary N) is 1. The minimum absolute atomic E-state index is 0.124. The lowest BCUT2D eigenvalue weighted by Crippen LogP contribution is -2.26. The molecule has 4 rings (SSSR count). The van der Waals surface area contributed by atoms with E-state index in [-0.39, 0.29) is 28.4 Å². The van der Waals surface area contributed by atoms with Crippen LogP contribution in [0.1, 0.15) is 18.1 Å². The van der Waals surface area contributed by atoms with E-state index in [9.17, 15) is 9.59 Å². The maximum atomic E-state index is 13.1. The molecule has 0 aliphatic rings. The van der Waals surface area contributed by atoms with Crippen molar-refractivity contribution in [1.82, 2.24) is 19.5 Å². The summed E-state index contributed by atoms with van der Waals surface area (Å²) in [4.78, 5) is 38.4. The summed E-state index contributed by atoms with van der Waals surface area (Å²) in [5.74, 6) is -0.0404. The van der Waals surface area contributed by atoms with Crippen molar-refractivity contribution in [3.63, 3.8) is 0 Å². The molecule has 0 aliphatic carbocycles. The van der Waals surface area contributed by atoms with Gasteiger partial charge < -0.3 is 5.32 Å². The van der Waals surface area contributed by atoms with Gasteiger partial charge >= 0.3 is 0 Å². The molecule has 0 spiro atoms. The van der Waals surface area contributed by atoms with Crippen molar-refractivity contribution < 1.29 is 4.79 Å². The van der Waals surface area contributed by atoms with Crippen molar-refractivity contribution in [1.29, 1.82) is 0 Å². The van der Waals surface area contributed by atoms with Crippen LogP contribution < -0.4 is 10.9 Å². The molecular formula is C24H23N5O2S. The third-order valence-electron chi connectivity index (χ3n) is 5.00. The number of benzene rings is 2. The number of thioether (sulfide) groups is 1. The van der Waals surface area contributed by atoms with Gasteiger partial charge in [0.2, 0.25) is 5.91 Å². The summed E-state index contributed by atoms with van der Waals surface area (Å²) >= 11 is 1.22. The molecule has 0 atom stereocenters. The van der Waals surface area contributed by atoms with Crippen LogP contribution in [0, 0.1) is 0 Å². The first kappa shape index (κ1) is 21.7. The fraction of sp³-hybridized carbons (Fsp3) is 0.208. The Bertz CT molecular complexity index is 1270. The average Bonchev–Trinajstić information content (AvgIpc) is 2.83. The Morgan fingerprint density at radius 1 is 1.00 bits per heavy atom. The van der Waals surface area contributed by atoms with Gasteiger partial charge in [-0.05, 0) is 36.1 Å². The SMILES string of the molecule is CCc1ccc(NC(=O)CSc2nc3nccnc3c(=O)n2CCc2ccccc2)cc1. The predicted octanol–water partition coefficient (Wildman–Crippen LogP) is 3.72. The van der Waals surface area contributed by atoms with Crippen molar-refractivity contribution in [2.45, 2.75) is 31.5 Å². The van der Waals surface area contributed by atoms with Gasteiger partial charge in [-0.3, -0.25) is 14.2 Å². The maximum absolute atomic E-state index is 13.1. The quantitative estimate of drug-likeness (QED) is 0.328. The van der Waals surface area contributed by atoms with Gasteiger partial charge in [0, 0.05) is 24.6 Å². The molecule has 162 valence electrons. The smallest absolute Gasteiger partial charge is 0.282 e. The van der Waals surface area contributed by atoms with Gasteiger partial charge in [0.25, 0.3) is 5.56 Å². The second-order valence-electron chi connectivity index (χ2n) is 7.20. The average molecular weight is 446 g/mol. The molecule has 1 N–H and O–H groups in total. The highest BCUT2D eigenvalue weighted by molar-refractivity contribution is 7.99. The monoisotopic (exact) mass is 445 g/mol. The highest BCUT2D eigenvalue weighted by atomic mass is 32.2. The number of anilines is 1. The van der Waals surface area contributed by atoms with E-state index < -0.39 is 0 Å². The number of hydrogen-bond donors (Lipinski definition) is 1. The lowest BCUT2D eigenvalue weighted by molar-refractivity contribution is -0.113. The van der Waals surface area contributed by atoms with E-state index >= 15 is 0 Å². The van der Waals surface area contributed by atoms with E-state index in [0.29, 0.717) is 18.1 Å². The maximum Gasteiger partial charge on any atom is 0.282 e. The van der Waals surface area contributed by atoms with Crippen LogP contribution in [-0.4, -0.2) is 31.2 Å². The number of carbonyl (C=O) groups is 1. The summed E-state index contributed by atoms with van der Waals surface area (Å²) in [5.41, 5.74) is 3.32. The lowest BCUT2D eigenvalue weighted by atomic mass is 10.1. The number of carbonyl (C=O) groups excluding carboxylic acids is 1. The Labute approximate surface area is 190 Å². The largest absolute Gasteiger partial charge is 0.325 e. The zero-order valence-electron chi connectivity index (χ0n) is 17.7. The van der Waals surface area contributed by atoms with Crippen molar-refractivity contribution >= 4 is 34.5 Å². The molecular weight excluding hydrogens is 422 g/mol. The summed E-state index contributed by atoms with van der Waals surface area (Å²) in [6.45, 7) is 2.52. The lowest BCUT2D eigenvalue weighted by Gasteiger charge is -2.12. The van der Waals surface area contributed by atoms with Crippen LogP contribution in [0.3, 0.4) is 0 Å². The molecule has 0 radical (unpaired) electrons. The summed E-state index contributed by atoms with van der Waals surface area (Å²) in [6, 6.07) is 17.7. The third kappa shape index (κ3) is 5.20. The molecule has 2 heterocycles. The second-order valence-corrected chi connectivity index (χ2v) is 8.15. The van der Waals surface area contributed by atoms with Crippen LogP contribution in [0.25, 0.3) is 11.2 Å². The fourth-order valence-corrected chi connectivity index (χ4v) is 4.09. The van der Waals surface area contributed by atoms with Crippen molar-refractivity contribution in [2.24, 2.45) is 0 Å². The standard InChI is InChI=1S/C24H23N5O2S/c1-2-17-8-10-19(11-9-17)27-20(30)16-32-24-28-22-21(25-13-14-26-22)23(31)29(24)15-12-18-6-4-3-5-7-18/h3-11,13-14H,2,12,15-16H2,1H3,(H,27,30). The molecule has 0 bridgehead atoms. The van der Waals surface area contributed by atoms with Gasteiger partial charge in [0.05, 0.1) is 5.75 Å². The zero-order chi connectivity index (χ0) is 22.3. The topological polar surface area (TPSA) is 89.8 Å². The molecule has 32 heavy (non-hydrogen) atoms. The number of aryl methyl sites for hydroxylation is 2. The number of hydrogen-bond acceptors (Lipinski definition) is 6. The van der Waals surface area contributed by atoms with Crippen molar-refractivity contribution in [2.75, 3.05) is 11.1 Å². The Morgan fingerprint density at radius 2 is 1.75 bits per heavy atom. The van der Waals surface area contributed by atoms with Gasteiger partial charge in [0.15, 0.2) is 16.3 Å². The van der Waals surface area contributed by atoms with Gasteiger partial charge in [0.1, 0.15) is 0 Å². The first-order valence-corrected chi connectivity index (χ1v) is 11.4. The van der Waals surface area contributed by atoms with E-state index in [4.69, 9.17) is 0 Å². The van der Waals surface area contributed by atoms with Crippen LogP contribution >= 0.6 is 11.8 Å². The Morgan fingerprint density at radius 3 is 2.50 bits per heavy atom. The summed E-state index contributed by atoms with van der Waals surface area (Å²) in [5, 5.41) is 3.34. The van der Waals surface area contributed by atoms with E-state index in [2.05, 4.69) is 27.2 Å². The zero-order valence-corrected chi connectivity index (χ0v) is 18.5. The Balaban J connectivity index is 1.53. The van der Waals surface area contributed by atoms with Gasteiger partial charge in [-0.1, -0.05) is 61.2 Å². The molecule has 0 saturated carbocycles. The second kappa shape index (κ2) is 10.2. The van der Waals surface area contributed by atoms with Gasteiger partial charge in [-0.2, -0.15) is 0 Å². The molecule has 0 saturated heterocycles. The third-order valence-corrected chi connectivity index (χ3v) is 5.98. The molecule has 2 aromatic carbocycles. The Kier molecular flexibility index (Phi) is 6.91. The number of aromatic nitrogens is 4. The molecule has 1 amide bonds. The number of fused-ring (bicyclic) bond motifs is 1. The first-order valence-electron chi connectivity index (χ1n) is 10.4. The fourth-order valence-electron chi connectivity index (χ4n) is 3.27. The highest BCUT2D eigenvalue weighted by Crippen LogP contribution is 2.18. The number of rotatable bonds is 8. The van der Waals surface area contributed by atoms with Gasteiger partial charge in [-0.15, -0.1) is 0 Å². The molecule has 0 unspecified atom stereocenters. The van der Waals surface area contributed by atoms with E-state index in [0.717, 1.165) is 17.7 Å². The molecule has 0 aliphatic heterocycles. The van der Waals surface area contributed by atoms with Crippen LogP contribution in [0.2, 0.25) is 0 Å². The molecule has 2 aromatic heterocycles. The van der Waals surface area contributed by atoms with Crippen LogP contribution in [-0.2, 0) is 24.2 Å². The van der Waals surface area contributed by atoms with E-state index in [1.165, 1.54) is 29.7 Å². The normalized spacial score (nSPS) is 10.9. The molecule has 7 nitrogen and oxygen atoms in total. The van der Waals surface area contributed by atoms with E-state index in [1.807, 2.05) is 54.6 Å². The summed E-state index contributed by atoms with van der Waals surface area (Å²) in [6.07, 6.45) is 4.60. The first-order chi connectivity index (χ1) is 15.6. The molecule has 0 fully saturated rings. The Hall–Kier alpha value is -3.52. The minimum Gasteiger partial charge on any atom is -0.325 e. The molecule has 8 heteroatoms. The number of nitrogens with zero attached hydrogens (tertiary/aromatic N) is 4. The predicted molar refractivity (Wildman–Crippen MR) is 127 cm³/mol. The van der Waals surface area contributed by atoms with Crippen LogP contribution in [0.4, 0.5) is 5.69 Å². The summed E-state index contributed by atoms with van der Waals surface area (Å²) < 4.78 is 1.58. The number of amides is 1. The van der Waals surface area contributed by atoms with Gasteiger partial charge in [-0.25, -0.2) is 15.0 Å². The van der Waals surface area contributed by atoms with Crippen molar-refractivity contribution in [3.8, 4) is 0 Å². The minimum atomic E-state index is -0.253. The van der Waals surface area contributed by atoms with E-state index in [1.54, 1.807) is 4.57 Å². The van der Waals surface area contributed by atoms with Crippen LogP contribution in [0.15, 0.2) is 76.9 Å².